The van der Waals surface area contributed by atoms with Crippen LogP contribution >= 0.6 is 0 Å². The minimum atomic E-state index is -2.61. The highest BCUT2D eigenvalue weighted by Gasteiger charge is 2.48. The molecule has 0 spiro atoms. The summed E-state index contributed by atoms with van der Waals surface area (Å²) in [4.78, 5) is 0. The third-order valence-corrected chi connectivity index (χ3v) is 10.9. The van der Waals surface area contributed by atoms with E-state index < -0.39 is 17.5 Å². The molecule has 0 unspecified atom stereocenters. The molecule has 128 valence electrons. The third kappa shape index (κ3) is 5.72. The van der Waals surface area contributed by atoms with Gasteiger partial charge in [-0.2, -0.15) is 0 Å². The van der Waals surface area contributed by atoms with Crippen molar-refractivity contribution in [2.75, 3.05) is 47.6 Å². The van der Waals surface area contributed by atoms with E-state index in [0.717, 1.165) is 19.1 Å². The van der Waals surface area contributed by atoms with Crippen molar-refractivity contribution in [1.29, 1.82) is 0 Å². The monoisotopic (exact) mass is 339 g/mol. The van der Waals surface area contributed by atoms with E-state index in [1.165, 1.54) is 0 Å². The van der Waals surface area contributed by atoms with Crippen LogP contribution < -0.4 is 0 Å². The van der Waals surface area contributed by atoms with Gasteiger partial charge in [0.2, 0.25) is 0 Å². The first-order valence-electron chi connectivity index (χ1n) is 7.71. The van der Waals surface area contributed by atoms with E-state index in [-0.39, 0.29) is 0 Å². The lowest BCUT2D eigenvalue weighted by Crippen LogP contribution is -2.60. The zero-order valence-electron chi connectivity index (χ0n) is 14.7. The Morgan fingerprint density at radius 2 is 1.14 bits per heavy atom. The first-order valence-corrected chi connectivity index (χ1v) is 11.6. The highest BCUT2D eigenvalue weighted by Crippen LogP contribution is 2.26. The quantitative estimate of drug-likeness (QED) is 0.480. The molecule has 0 rings (SSSR count). The van der Waals surface area contributed by atoms with Crippen LogP contribution in [0.3, 0.4) is 0 Å². The highest BCUT2D eigenvalue weighted by molar-refractivity contribution is 6.68. The van der Waals surface area contributed by atoms with E-state index in [1.807, 2.05) is 13.8 Å². The van der Waals surface area contributed by atoms with Gasteiger partial charge < -0.3 is 22.1 Å². The smallest absolute Gasteiger partial charge is 0.383 e. The molecule has 0 saturated carbocycles. The Kier molecular flexibility index (Phi) is 10.9. The number of rotatable bonds is 13. The van der Waals surface area contributed by atoms with Crippen LogP contribution in [0.25, 0.3) is 0 Å². The minimum Gasteiger partial charge on any atom is -0.383 e. The van der Waals surface area contributed by atoms with E-state index >= 15 is 0 Å². The molecule has 0 aromatic carbocycles. The topological polar surface area (TPSA) is 49.4 Å². The summed E-state index contributed by atoms with van der Waals surface area (Å²) < 4.78 is 31.2. The average molecular weight is 340 g/mol. The Bertz CT molecular complexity index is 249. The fraction of sp³-hybridized carbons (Fsp3) is 1.00. The van der Waals surface area contributed by atoms with Gasteiger partial charge in [-0.05, 0) is 26.9 Å². The molecule has 0 aliphatic carbocycles. The third-order valence-electron chi connectivity index (χ3n) is 3.67. The van der Waals surface area contributed by atoms with Crippen LogP contribution in [0.15, 0.2) is 0 Å². The van der Waals surface area contributed by atoms with Gasteiger partial charge in [0, 0.05) is 46.6 Å². The molecule has 0 aliphatic heterocycles. The Morgan fingerprint density at radius 3 is 1.43 bits per heavy atom. The van der Waals surface area contributed by atoms with E-state index in [4.69, 9.17) is 22.1 Å². The predicted octanol–water partition coefficient (Wildman–Crippen LogP) is 2.22. The number of hydrogen-bond donors (Lipinski definition) is 0. The van der Waals surface area contributed by atoms with Crippen LogP contribution in [0.1, 0.15) is 27.7 Å². The standard InChI is InChI=1S/C13H33NO5Si2/c1-8-14(9-2)20(18-10-3,19-11-4)12-13-21(15-5,16-6)17-7/h8-13H2,1-7H3. The lowest BCUT2D eigenvalue weighted by atomic mass is 10.7. The van der Waals surface area contributed by atoms with Crippen LogP contribution in [0.5, 0.6) is 0 Å². The summed E-state index contributed by atoms with van der Waals surface area (Å²) in [5.41, 5.74) is 0. The van der Waals surface area contributed by atoms with Crippen molar-refractivity contribution in [2.24, 2.45) is 0 Å². The van der Waals surface area contributed by atoms with Crippen molar-refractivity contribution in [2.45, 2.75) is 39.8 Å². The molecule has 6 nitrogen and oxygen atoms in total. The lowest BCUT2D eigenvalue weighted by Gasteiger charge is -2.39. The Labute approximate surface area is 132 Å². The first kappa shape index (κ1) is 21.2. The summed E-state index contributed by atoms with van der Waals surface area (Å²) >= 11 is 0. The molecule has 0 atom stereocenters. The first-order chi connectivity index (χ1) is 10.0. The Balaban J connectivity index is 5.19. The van der Waals surface area contributed by atoms with Gasteiger partial charge in [-0.25, -0.2) is 0 Å². The van der Waals surface area contributed by atoms with Gasteiger partial charge >= 0.3 is 17.5 Å². The molecule has 21 heavy (non-hydrogen) atoms. The fourth-order valence-corrected chi connectivity index (χ4v) is 9.07. The summed E-state index contributed by atoms with van der Waals surface area (Å²) in [6.07, 6.45) is 0. The average Bonchev–Trinajstić information content (AvgIpc) is 2.51. The highest BCUT2D eigenvalue weighted by atomic mass is 28.4. The van der Waals surface area contributed by atoms with Gasteiger partial charge in [0.05, 0.1) is 0 Å². The van der Waals surface area contributed by atoms with Crippen LogP contribution in [0.4, 0.5) is 0 Å². The molecule has 0 aromatic rings. The van der Waals surface area contributed by atoms with E-state index in [9.17, 15) is 0 Å². The van der Waals surface area contributed by atoms with Crippen molar-refractivity contribution >= 4 is 17.5 Å². The van der Waals surface area contributed by atoms with Gasteiger partial charge in [-0.3, -0.25) is 4.57 Å². The van der Waals surface area contributed by atoms with Crippen molar-refractivity contribution in [1.82, 2.24) is 4.57 Å². The van der Waals surface area contributed by atoms with Crippen LogP contribution in [0.2, 0.25) is 12.1 Å². The largest absolute Gasteiger partial charge is 0.500 e. The predicted molar refractivity (Wildman–Crippen MR) is 88.3 cm³/mol. The maximum absolute atomic E-state index is 6.14. The molecule has 0 fully saturated rings. The van der Waals surface area contributed by atoms with E-state index in [0.29, 0.717) is 19.3 Å². The number of nitrogens with zero attached hydrogens (tertiary/aromatic N) is 1. The molecule has 0 N–H and O–H groups in total. The second-order valence-electron chi connectivity index (χ2n) is 4.55. The molecule has 0 bridgehead atoms. The lowest BCUT2D eigenvalue weighted by molar-refractivity contribution is 0.110. The van der Waals surface area contributed by atoms with Gasteiger partial charge in [-0.1, -0.05) is 13.8 Å². The van der Waals surface area contributed by atoms with Crippen LogP contribution in [-0.2, 0) is 22.1 Å². The molecule has 8 heteroatoms. The normalized spacial score (nSPS) is 13.1. The summed E-state index contributed by atoms with van der Waals surface area (Å²) in [5, 5.41) is 0. The molecule has 0 heterocycles. The second kappa shape index (κ2) is 10.8. The van der Waals surface area contributed by atoms with Crippen LogP contribution in [-0.4, -0.2) is 69.7 Å². The van der Waals surface area contributed by atoms with Crippen LogP contribution in [0, 0.1) is 0 Å². The SMILES string of the molecule is CCO[Si](CC[Si](OC)(OC)OC)(OCC)N(CC)CC. The van der Waals surface area contributed by atoms with Crippen molar-refractivity contribution < 1.29 is 22.1 Å². The Hall–Kier alpha value is 0.194. The fourth-order valence-electron chi connectivity index (χ4n) is 2.55. The minimum absolute atomic E-state index is 0.643. The number of hydrogen-bond acceptors (Lipinski definition) is 6. The van der Waals surface area contributed by atoms with Crippen molar-refractivity contribution in [3.05, 3.63) is 0 Å². The molecule has 0 amide bonds. The molecule has 0 radical (unpaired) electrons. The van der Waals surface area contributed by atoms with E-state index in [2.05, 4.69) is 18.4 Å². The zero-order chi connectivity index (χ0) is 16.4. The summed E-state index contributed by atoms with van der Waals surface area (Å²) in [7, 11) is -0.144. The Morgan fingerprint density at radius 1 is 0.714 bits per heavy atom. The van der Waals surface area contributed by atoms with Gasteiger partial charge in [0.15, 0.2) is 0 Å². The van der Waals surface area contributed by atoms with Gasteiger partial charge in [0.1, 0.15) is 0 Å². The summed E-state index contributed by atoms with van der Waals surface area (Å²) in [5.74, 6) is 0. The van der Waals surface area contributed by atoms with E-state index in [1.54, 1.807) is 21.3 Å². The van der Waals surface area contributed by atoms with Crippen molar-refractivity contribution in [3.63, 3.8) is 0 Å². The van der Waals surface area contributed by atoms with Gasteiger partial charge in [0.25, 0.3) is 0 Å². The molecular formula is C13H33NO5Si2. The molecule has 0 saturated heterocycles. The van der Waals surface area contributed by atoms with Gasteiger partial charge in [-0.15, -0.1) is 0 Å². The molecule has 0 aromatic heterocycles. The summed E-state index contributed by atoms with van der Waals surface area (Å²) in [6, 6.07) is 1.47. The van der Waals surface area contributed by atoms with Crippen molar-refractivity contribution in [3.8, 4) is 0 Å². The molecule has 0 aliphatic rings. The molecular weight excluding hydrogens is 306 g/mol. The summed E-state index contributed by atoms with van der Waals surface area (Å²) in [6.45, 7) is 11.4. The second-order valence-corrected chi connectivity index (χ2v) is 10.8. The maximum Gasteiger partial charge on any atom is 0.500 e. The zero-order valence-corrected chi connectivity index (χ0v) is 16.7. The maximum atomic E-state index is 6.14.